The number of halogens is 5. The lowest BCUT2D eigenvalue weighted by Gasteiger charge is -2.12. The first-order valence-electron chi connectivity index (χ1n) is 10.9. The zero-order valence-electron chi connectivity index (χ0n) is 18.8. The molecule has 5 aromatic rings. The van der Waals surface area contributed by atoms with Crippen LogP contribution in [0, 0.1) is 29.1 Å². The van der Waals surface area contributed by atoms with Crippen LogP contribution in [0.5, 0.6) is 0 Å². The van der Waals surface area contributed by atoms with Crippen LogP contribution in [0.25, 0.3) is 33.5 Å². The molecule has 0 aliphatic rings. The van der Waals surface area contributed by atoms with Crippen molar-refractivity contribution in [3.63, 3.8) is 0 Å². The highest BCUT2D eigenvalue weighted by Gasteiger charge is 2.26. The molecular weight excluding hydrogens is 495 g/mol. The van der Waals surface area contributed by atoms with Crippen molar-refractivity contribution in [2.24, 2.45) is 0 Å². The van der Waals surface area contributed by atoms with Crippen molar-refractivity contribution in [1.82, 2.24) is 19.7 Å². The van der Waals surface area contributed by atoms with Crippen molar-refractivity contribution in [2.45, 2.75) is 24.4 Å². The zero-order chi connectivity index (χ0) is 25.4. The molecule has 0 fully saturated rings. The molecule has 5 rings (SSSR count). The molecule has 0 bridgehead atoms. The van der Waals surface area contributed by atoms with Gasteiger partial charge in [-0.1, -0.05) is 60.3 Å². The van der Waals surface area contributed by atoms with Gasteiger partial charge >= 0.3 is 0 Å². The maximum Gasteiger partial charge on any atom is 0.200 e. The third-order valence-electron chi connectivity index (χ3n) is 5.71. The number of thioether (sulfide) groups is 1. The molecule has 0 saturated heterocycles. The van der Waals surface area contributed by atoms with Gasteiger partial charge in [-0.05, 0) is 19.1 Å². The Morgan fingerprint density at radius 2 is 1.42 bits per heavy atom. The van der Waals surface area contributed by atoms with Crippen LogP contribution in [-0.4, -0.2) is 19.7 Å². The SMILES string of the molecule is CCn1c(SCc2c(F)c(F)c(F)c(F)c2F)nnc1-c1cc(-c2ccccc2)nc2ccccc12. The van der Waals surface area contributed by atoms with Gasteiger partial charge in [-0.15, -0.1) is 10.2 Å². The fraction of sp³-hybridized carbons (Fsp3) is 0.115. The number of hydrogen-bond donors (Lipinski definition) is 0. The number of hydrogen-bond acceptors (Lipinski definition) is 4. The Morgan fingerprint density at radius 3 is 2.11 bits per heavy atom. The minimum atomic E-state index is -2.18. The Kier molecular flexibility index (Phi) is 6.44. The van der Waals surface area contributed by atoms with Crippen LogP contribution in [0.15, 0.2) is 65.8 Å². The molecule has 0 N–H and O–H groups in total. The molecular formula is C26H17F5N4S. The third-order valence-corrected chi connectivity index (χ3v) is 6.70. The van der Waals surface area contributed by atoms with Crippen molar-refractivity contribution in [3.8, 4) is 22.6 Å². The average molecular weight is 513 g/mol. The highest BCUT2D eigenvalue weighted by Crippen LogP contribution is 2.34. The van der Waals surface area contributed by atoms with Crippen molar-refractivity contribution >= 4 is 22.7 Å². The smallest absolute Gasteiger partial charge is 0.200 e. The Balaban J connectivity index is 1.57. The highest BCUT2D eigenvalue weighted by atomic mass is 32.2. The molecule has 0 spiro atoms. The Bertz CT molecular complexity index is 1560. The van der Waals surface area contributed by atoms with Gasteiger partial charge in [0, 0.05) is 34.4 Å². The molecule has 0 aliphatic heterocycles. The molecule has 0 aliphatic carbocycles. The Labute approximate surface area is 206 Å². The molecule has 36 heavy (non-hydrogen) atoms. The highest BCUT2D eigenvalue weighted by molar-refractivity contribution is 7.98. The molecule has 0 unspecified atom stereocenters. The summed E-state index contributed by atoms with van der Waals surface area (Å²) in [5.74, 6) is -9.86. The van der Waals surface area contributed by atoms with Crippen LogP contribution in [0.4, 0.5) is 22.0 Å². The summed E-state index contributed by atoms with van der Waals surface area (Å²) in [4.78, 5) is 4.77. The summed E-state index contributed by atoms with van der Waals surface area (Å²) in [7, 11) is 0. The van der Waals surface area contributed by atoms with Gasteiger partial charge in [-0.3, -0.25) is 0 Å². The number of benzene rings is 3. The first-order chi connectivity index (χ1) is 17.4. The van der Waals surface area contributed by atoms with Crippen molar-refractivity contribution in [3.05, 3.63) is 95.3 Å². The number of pyridine rings is 1. The average Bonchev–Trinajstić information content (AvgIpc) is 3.33. The molecule has 0 amide bonds. The lowest BCUT2D eigenvalue weighted by Crippen LogP contribution is -2.07. The molecule has 4 nitrogen and oxygen atoms in total. The largest absolute Gasteiger partial charge is 0.302 e. The minimum absolute atomic E-state index is 0.276. The predicted octanol–water partition coefficient (Wildman–Crippen LogP) is 7.17. The predicted molar refractivity (Wildman–Crippen MR) is 128 cm³/mol. The second kappa shape index (κ2) is 9.69. The standard InChI is InChI=1S/C26H17F5N4S/c1-2-35-25(33-34-26(35)36-13-17-20(27)22(29)24(31)23(30)21(17)28)16-12-19(14-8-4-3-5-9-14)32-18-11-7-6-10-15(16)18/h3-12H,2,13H2,1H3. The van der Waals surface area contributed by atoms with Crippen LogP contribution in [-0.2, 0) is 12.3 Å². The van der Waals surface area contributed by atoms with E-state index < -0.39 is 40.4 Å². The third kappa shape index (κ3) is 4.11. The van der Waals surface area contributed by atoms with E-state index in [1.54, 1.807) is 4.57 Å². The summed E-state index contributed by atoms with van der Waals surface area (Å²) in [5.41, 5.74) is 2.22. The second-order valence-electron chi connectivity index (χ2n) is 7.83. The summed E-state index contributed by atoms with van der Waals surface area (Å²) in [6, 6.07) is 19.1. The van der Waals surface area contributed by atoms with E-state index in [0.29, 0.717) is 12.4 Å². The van der Waals surface area contributed by atoms with E-state index in [-0.39, 0.29) is 5.16 Å². The molecule has 0 atom stereocenters. The topological polar surface area (TPSA) is 43.6 Å². The molecule has 2 aromatic heterocycles. The number of rotatable bonds is 6. The molecule has 0 saturated carbocycles. The van der Waals surface area contributed by atoms with Crippen molar-refractivity contribution in [2.75, 3.05) is 0 Å². The van der Waals surface area contributed by atoms with Gasteiger partial charge in [-0.2, -0.15) is 0 Å². The van der Waals surface area contributed by atoms with Crippen LogP contribution >= 0.6 is 11.8 Å². The summed E-state index contributed by atoms with van der Waals surface area (Å²) in [5, 5.41) is 9.58. The fourth-order valence-electron chi connectivity index (χ4n) is 3.91. The molecule has 182 valence electrons. The summed E-state index contributed by atoms with van der Waals surface area (Å²) in [6.45, 7) is 2.25. The fourth-order valence-corrected chi connectivity index (χ4v) is 4.91. The lowest BCUT2D eigenvalue weighted by molar-refractivity contribution is 0.372. The first kappa shape index (κ1) is 23.9. The maximum atomic E-state index is 14.2. The van der Waals surface area contributed by atoms with E-state index in [9.17, 15) is 22.0 Å². The normalized spacial score (nSPS) is 11.4. The van der Waals surface area contributed by atoms with Crippen LogP contribution in [0.2, 0.25) is 0 Å². The van der Waals surface area contributed by atoms with E-state index >= 15 is 0 Å². The summed E-state index contributed by atoms with van der Waals surface area (Å²) < 4.78 is 70.7. The van der Waals surface area contributed by atoms with Gasteiger partial charge in [0.25, 0.3) is 0 Å². The lowest BCUT2D eigenvalue weighted by atomic mass is 10.0. The van der Waals surface area contributed by atoms with E-state index in [2.05, 4.69) is 10.2 Å². The van der Waals surface area contributed by atoms with E-state index in [1.165, 1.54) is 0 Å². The molecule has 3 aromatic carbocycles. The van der Waals surface area contributed by atoms with Crippen molar-refractivity contribution < 1.29 is 22.0 Å². The van der Waals surface area contributed by atoms with E-state index in [4.69, 9.17) is 4.98 Å². The van der Waals surface area contributed by atoms with Crippen molar-refractivity contribution in [1.29, 1.82) is 0 Å². The molecule has 2 heterocycles. The van der Waals surface area contributed by atoms with Gasteiger partial charge in [0.15, 0.2) is 34.2 Å². The van der Waals surface area contributed by atoms with Gasteiger partial charge in [-0.25, -0.2) is 26.9 Å². The second-order valence-corrected chi connectivity index (χ2v) is 8.77. The van der Waals surface area contributed by atoms with Crippen LogP contribution in [0.3, 0.4) is 0 Å². The molecule has 0 radical (unpaired) electrons. The van der Waals surface area contributed by atoms with Crippen LogP contribution < -0.4 is 0 Å². The quantitative estimate of drug-likeness (QED) is 0.105. The van der Waals surface area contributed by atoms with E-state index in [1.807, 2.05) is 67.6 Å². The number of nitrogens with zero attached hydrogens (tertiary/aromatic N) is 4. The summed E-state index contributed by atoms with van der Waals surface area (Å²) >= 11 is 0.836. The maximum absolute atomic E-state index is 14.2. The summed E-state index contributed by atoms with van der Waals surface area (Å²) in [6.07, 6.45) is 0. The Hall–Kier alpha value is -3.79. The monoisotopic (exact) mass is 512 g/mol. The molecule has 10 heteroatoms. The van der Waals surface area contributed by atoms with Gasteiger partial charge < -0.3 is 4.57 Å². The number of fused-ring (bicyclic) bond motifs is 1. The zero-order valence-corrected chi connectivity index (χ0v) is 19.6. The van der Waals surface area contributed by atoms with E-state index in [0.717, 1.165) is 39.5 Å². The minimum Gasteiger partial charge on any atom is -0.302 e. The van der Waals surface area contributed by atoms with Gasteiger partial charge in [0.1, 0.15) is 0 Å². The van der Waals surface area contributed by atoms with Crippen LogP contribution in [0.1, 0.15) is 12.5 Å². The van der Waals surface area contributed by atoms with Gasteiger partial charge in [0.05, 0.1) is 11.2 Å². The Morgan fingerprint density at radius 1 is 0.778 bits per heavy atom. The number of aromatic nitrogens is 4. The first-order valence-corrected chi connectivity index (χ1v) is 11.9. The van der Waals surface area contributed by atoms with Gasteiger partial charge in [0.2, 0.25) is 5.82 Å². The number of para-hydroxylation sites is 1.